The summed E-state index contributed by atoms with van der Waals surface area (Å²) in [5.74, 6) is -0.0625. The van der Waals surface area contributed by atoms with Gasteiger partial charge in [0.1, 0.15) is 0 Å². The summed E-state index contributed by atoms with van der Waals surface area (Å²) < 4.78 is 0. The van der Waals surface area contributed by atoms with Crippen LogP contribution in [0.1, 0.15) is 164 Å². The molecule has 0 amide bonds. The molecule has 9 heterocycles. The van der Waals surface area contributed by atoms with Crippen molar-refractivity contribution in [2.75, 3.05) is 4.90 Å². The summed E-state index contributed by atoms with van der Waals surface area (Å²) >= 11 is 0. The first-order valence-corrected chi connectivity index (χ1v) is 47.8. The summed E-state index contributed by atoms with van der Waals surface area (Å²) in [6.45, 7) is 31.9. The molecule has 0 unspecified atom stereocenters. The molecule has 6 aliphatic rings. The molecule has 3 aromatic heterocycles. The number of aromatic nitrogens is 3. The number of fused-ring (bicyclic) bond motifs is 21. The summed E-state index contributed by atoms with van der Waals surface area (Å²) in [4.78, 5) is 28.0. The van der Waals surface area contributed by atoms with Gasteiger partial charge in [-0.3, -0.25) is 19.7 Å². The molecule has 6 nitrogen and oxygen atoms in total. The summed E-state index contributed by atoms with van der Waals surface area (Å²) in [5, 5.41) is 27.3. The second-order valence-electron chi connectivity index (χ2n) is 41.7. The van der Waals surface area contributed by atoms with Crippen LogP contribution in [-0.4, -0.2) is 39.3 Å². The van der Waals surface area contributed by atoms with Gasteiger partial charge in [0.05, 0.1) is 22.3 Å². The van der Waals surface area contributed by atoms with E-state index in [1.807, 2.05) is 0 Å². The van der Waals surface area contributed by atoms with Gasteiger partial charge in [-0.1, -0.05) is 401 Å². The maximum absolute atomic E-state index is 10.0. The molecular formula is C128H101B2Ir3N4O2-3. The molecule has 0 atom stereocenters. The van der Waals surface area contributed by atoms with Crippen molar-refractivity contribution in [2.45, 2.75) is 129 Å². The van der Waals surface area contributed by atoms with E-state index in [9.17, 15) is 4.79 Å². The van der Waals surface area contributed by atoms with Crippen LogP contribution in [0, 0.1) is 18.2 Å². The van der Waals surface area contributed by atoms with E-state index >= 15 is 0 Å². The van der Waals surface area contributed by atoms with Crippen molar-refractivity contribution in [2.24, 2.45) is 0 Å². The molecule has 1 N–H and O–H groups in total. The van der Waals surface area contributed by atoms with Crippen molar-refractivity contribution >= 4 is 166 Å². The van der Waals surface area contributed by atoms with Crippen LogP contribution in [0.5, 0.6) is 0 Å². The largest absolute Gasteiger partial charge is 0.512 e. The first kappa shape index (κ1) is 92.2. The molecule has 6 aliphatic heterocycles. The standard InChI is InChI=1S/2C41H31BN.C41H31N2.C5H8O2.3Ir/c2*1-40(2)31-19-26-12-5-7-14-28(26)23-35(31)42-36-24-29-15-8-6-13-27(29)20-32(36)41(3,4)34-22-30(21-33(40)39(34)42)38-18-17-25-11-9-10-16-37(25)43-38;1-40(2)31-19-26-12-5-7-14-28(26)23-37(31)43-38-24-29-15-8-6-13-27(29)20-32(38)41(3,4)34-22-30(21-33(40)39(34)43)36-18-17-25-11-9-10-16-35(25)42-36;1-4(6)3-5(2)7;;;/h3*5-21,23-24H,1-4H3;3,6H,1-2H3;;;/q3*-1;;;;. The van der Waals surface area contributed by atoms with Gasteiger partial charge in [0.2, 0.25) is 0 Å². The molecule has 0 aliphatic carbocycles. The van der Waals surface area contributed by atoms with Crippen LogP contribution in [0.3, 0.4) is 0 Å². The van der Waals surface area contributed by atoms with E-state index in [0.29, 0.717) is 0 Å². The normalized spacial score (nSPS) is 15.2. The van der Waals surface area contributed by atoms with Gasteiger partial charge in [0.25, 0.3) is 0 Å². The van der Waals surface area contributed by atoms with Crippen LogP contribution >= 0.6 is 0 Å². The number of nitrogens with zero attached hydrogens (tertiary/aromatic N) is 4. The molecule has 21 aromatic rings. The molecule has 139 heavy (non-hydrogen) atoms. The number of allylic oxidation sites excluding steroid dienone is 2. The third-order valence-corrected chi connectivity index (χ3v) is 31.2. The van der Waals surface area contributed by atoms with Gasteiger partial charge < -0.3 is 10.0 Å². The summed E-state index contributed by atoms with van der Waals surface area (Å²) in [7, 11) is 0. The predicted molar refractivity (Wildman–Crippen MR) is 573 cm³/mol. The maximum atomic E-state index is 10.0. The monoisotopic (exact) mass is 2330 g/mol. The Morgan fingerprint density at radius 3 is 0.806 bits per heavy atom. The number of carbonyl (C=O) groups excluding carboxylic acids is 1. The Hall–Kier alpha value is -13.2. The molecule has 0 spiro atoms. The van der Waals surface area contributed by atoms with E-state index in [1.54, 1.807) is 0 Å². The molecule has 0 saturated heterocycles. The number of carbonyl (C=O) groups is 1. The number of aliphatic hydroxyl groups is 1. The van der Waals surface area contributed by atoms with E-state index < -0.39 is 0 Å². The average molecular weight is 2330 g/mol. The number of aliphatic hydroxyl groups excluding tert-OH is 1. The molecule has 0 bridgehead atoms. The number of rotatable bonds is 4. The Labute approximate surface area is 854 Å². The average Bonchev–Trinajstić information content (AvgIpc) is 0.689. The van der Waals surface area contributed by atoms with Crippen molar-refractivity contribution < 1.29 is 70.2 Å². The topological polar surface area (TPSA) is 79.2 Å². The first-order valence-electron chi connectivity index (χ1n) is 47.8. The number of benzene rings is 18. The van der Waals surface area contributed by atoms with Crippen LogP contribution in [-0.2, 0) is 97.6 Å². The Morgan fingerprint density at radius 1 is 0.273 bits per heavy atom. The number of hydrogen-bond donors (Lipinski definition) is 1. The second kappa shape index (κ2) is 34.1. The smallest absolute Gasteiger partial charge is 0.192 e. The van der Waals surface area contributed by atoms with Crippen LogP contribution in [0.15, 0.2) is 358 Å². The third-order valence-electron chi connectivity index (χ3n) is 31.2. The van der Waals surface area contributed by atoms with E-state index in [-0.39, 0.29) is 118 Å². The van der Waals surface area contributed by atoms with Crippen molar-refractivity contribution in [3.63, 3.8) is 0 Å². The Balaban J connectivity index is 0.000000118. The van der Waals surface area contributed by atoms with Gasteiger partial charge in [-0.25, -0.2) is 0 Å². The zero-order valence-electron chi connectivity index (χ0n) is 80.3. The Morgan fingerprint density at radius 2 is 0.511 bits per heavy atom. The van der Waals surface area contributed by atoms with Crippen molar-refractivity contribution in [1.82, 2.24) is 15.0 Å². The molecule has 11 heteroatoms. The van der Waals surface area contributed by atoms with Gasteiger partial charge in [0.15, 0.2) is 19.2 Å². The summed E-state index contributed by atoms with van der Waals surface area (Å²) in [6, 6.07) is 139. The van der Waals surface area contributed by atoms with Crippen LogP contribution in [0.2, 0.25) is 0 Å². The second-order valence-corrected chi connectivity index (χ2v) is 41.7. The van der Waals surface area contributed by atoms with E-state index in [0.717, 1.165) is 66.5 Å². The van der Waals surface area contributed by atoms with Crippen molar-refractivity contribution in [3.05, 3.63) is 443 Å². The number of hydrogen-bond acceptors (Lipinski definition) is 6. The minimum Gasteiger partial charge on any atom is -0.512 e. The Bertz CT molecular complexity index is 7660. The first-order chi connectivity index (χ1) is 65.5. The van der Waals surface area contributed by atoms with E-state index in [1.165, 1.54) is 201 Å². The van der Waals surface area contributed by atoms with Gasteiger partial charge in [0, 0.05) is 88.6 Å². The summed E-state index contributed by atoms with van der Waals surface area (Å²) in [6.07, 6.45) is 1.17. The van der Waals surface area contributed by atoms with Crippen LogP contribution in [0.4, 0.5) is 17.1 Å². The molecule has 27 rings (SSSR count). The fourth-order valence-corrected chi connectivity index (χ4v) is 24.1. The van der Waals surface area contributed by atoms with E-state index in [4.69, 9.17) is 20.1 Å². The molecule has 3 radical (unpaired) electrons. The van der Waals surface area contributed by atoms with Crippen LogP contribution in [0.25, 0.3) is 131 Å². The zero-order chi connectivity index (χ0) is 93.1. The zero-order valence-corrected chi connectivity index (χ0v) is 87.5. The minimum absolute atomic E-state index is 0. The van der Waals surface area contributed by atoms with Gasteiger partial charge in [-0.2, -0.15) is 0 Å². The minimum atomic E-state index is -0.267. The van der Waals surface area contributed by atoms with E-state index in [2.05, 4.69) is 452 Å². The Kier molecular flexibility index (Phi) is 22.6. The number of ketones is 1. The SMILES string of the molecule is CC(=O)C=C(C)O.CC1(C)c2[c-]c(-c3ccc4ccccc4n3)cc3c2B(c2cc4ccccc4cc21)c1cc2ccccc2cc1C3(C)C.CC1(C)c2[c-]c(-c3ccc4ccccc4n3)cc3c2B(c2cc4ccccc4cc21)c1cc2ccccc2cc1C3(C)C.CC1(C)c2[c-]c(-c3ccc4ccccc4n3)cc3c2N(c2cc4ccccc4cc21)c1cc2ccccc2cc1C3(C)C.[Ir].[Ir].[Ir]. The van der Waals surface area contributed by atoms with Gasteiger partial charge in [-0.05, 0) is 215 Å². The molecule has 18 aromatic carbocycles. The van der Waals surface area contributed by atoms with Gasteiger partial charge >= 0.3 is 0 Å². The van der Waals surface area contributed by atoms with Crippen LogP contribution < -0.4 is 37.7 Å². The quantitative estimate of drug-likeness (QED) is 0.0819. The summed E-state index contributed by atoms with van der Waals surface area (Å²) in [5.41, 5.74) is 36.4. The fraction of sp³-hybridized carbons (Fsp3) is 0.156. The fourth-order valence-electron chi connectivity index (χ4n) is 24.1. The number of pyridine rings is 3. The molecule has 0 saturated carbocycles. The molecule has 0 fully saturated rings. The predicted octanol–water partition coefficient (Wildman–Crippen LogP) is 27.4. The van der Waals surface area contributed by atoms with Gasteiger partial charge in [-0.15, -0.1) is 86.3 Å². The van der Waals surface area contributed by atoms with Crippen molar-refractivity contribution in [3.8, 4) is 33.8 Å². The van der Waals surface area contributed by atoms with Crippen molar-refractivity contribution in [1.29, 1.82) is 0 Å². The third kappa shape index (κ3) is 14.8. The molecular weight excluding hydrogens is 2220 g/mol. The molecule has 681 valence electrons. The maximum Gasteiger partial charge on any atom is 0.192 e. The number of anilines is 3. The number of para-hydroxylation sites is 3.